The van der Waals surface area contributed by atoms with Gasteiger partial charge in [-0.15, -0.1) is 0 Å². The van der Waals surface area contributed by atoms with Gasteiger partial charge in [-0.05, 0) is 37.6 Å². The minimum atomic E-state index is 0.432. The lowest BCUT2D eigenvalue weighted by Gasteiger charge is -2.26. The van der Waals surface area contributed by atoms with Gasteiger partial charge in [-0.2, -0.15) is 12.6 Å². The van der Waals surface area contributed by atoms with Crippen molar-refractivity contribution in [2.24, 2.45) is 5.41 Å². The van der Waals surface area contributed by atoms with Gasteiger partial charge in [0.15, 0.2) is 0 Å². The molecular weight excluding hydrogens is 226 g/mol. The van der Waals surface area contributed by atoms with Crippen LogP contribution in [0.5, 0.6) is 0 Å². The Morgan fingerprint density at radius 3 is 1.76 bits per heavy atom. The Hall–Kier alpha value is 0.310. The molecule has 0 heterocycles. The molecule has 0 aliphatic carbocycles. The van der Waals surface area contributed by atoms with Gasteiger partial charge in [0.05, 0.1) is 0 Å². The van der Waals surface area contributed by atoms with Gasteiger partial charge in [0.2, 0.25) is 0 Å². The molecule has 0 N–H and O–H groups in total. The molecule has 0 unspecified atom stereocenters. The fraction of sp³-hybridized carbons (Fsp3) is 1.00. The molecule has 2 heteroatoms. The Labute approximate surface area is 115 Å². The SMILES string of the molecule is CN(CCCCCCCCCS)CC(C)(C)C. The van der Waals surface area contributed by atoms with E-state index in [0.29, 0.717) is 5.41 Å². The Bertz CT molecular complexity index is 163. The summed E-state index contributed by atoms with van der Waals surface area (Å²) < 4.78 is 0. The summed E-state index contributed by atoms with van der Waals surface area (Å²) in [5.74, 6) is 1.05. The van der Waals surface area contributed by atoms with Crippen LogP contribution in [0.1, 0.15) is 65.7 Å². The molecule has 0 radical (unpaired) electrons. The zero-order chi connectivity index (χ0) is 13.1. The lowest BCUT2D eigenvalue weighted by molar-refractivity contribution is 0.223. The van der Waals surface area contributed by atoms with Crippen LogP contribution in [-0.4, -0.2) is 30.8 Å². The van der Waals surface area contributed by atoms with E-state index in [1.165, 1.54) is 58.0 Å². The molecule has 0 amide bonds. The predicted molar refractivity (Wildman–Crippen MR) is 83.1 cm³/mol. The molecule has 0 rings (SSSR count). The average molecular weight is 260 g/mol. The van der Waals surface area contributed by atoms with E-state index in [1.807, 2.05) is 0 Å². The molecule has 0 saturated heterocycles. The maximum Gasteiger partial charge on any atom is 0.00270 e. The summed E-state index contributed by atoms with van der Waals surface area (Å²) in [4.78, 5) is 2.47. The zero-order valence-corrected chi connectivity index (χ0v) is 13.4. The molecule has 0 spiro atoms. The summed E-state index contributed by atoms with van der Waals surface area (Å²) in [6.45, 7) is 9.39. The van der Waals surface area contributed by atoms with Crippen molar-refractivity contribution in [3.8, 4) is 0 Å². The standard InChI is InChI=1S/C15H33NS/c1-15(2,3)14-16(4)12-10-8-6-5-7-9-11-13-17/h17H,5-14H2,1-4H3. The first kappa shape index (κ1) is 17.3. The topological polar surface area (TPSA) is 3.24 Å². The second-order valence-electron chi connectivity index (χ2n) is 6.50. The second kappa shape index (κ2) is 10.3. The Morgan fingerprint density at radius 2 is 1.29 bits per heavy atom. The number of thiol groups is 1. The van der Waals surface area contributed by atoms with Gasteiger partial charge >= 0.3 is 0 Å². The van der Waals surface area contributed by atoms with E-state index in [2.05, 4.69) is 45.3 Å². The first-order valence-corrected chi connectivity index (χ1v) is 7.88. The Kier molecular flexibility index (Phi) is 10.4. The average Bonchev–Trinajstić information content (AvgIpc) is 2.19. The minimum absolute atomic E-state index is 0.432. The maximum absolute atomic E-state index is 4.23. The molecule has 0 atom stereocenters. The van der Waals surface area contributed by atoms with E-state index >= 15 is 0 Å². The van der Waals surface area contributed by atoms with Crippen molar-refractivity contribution < 1.29 is 0 Å². The van der Waals surface area contributed by atoms with Gasteiger partial charge in [0.1, 0.15) is 0 Å². The minimum Gasteiger partial charge on any atom is -0.306 e. The lowest BCUT2D eigenvalue weighted by Crippen LogP contribution is -2.30. The summed E-state index contributed by atoms with van der Waals surface area (Å²) in [5.41, 5.74) is 0.432. The number of unbranched alkanes of at least 4 members (excludes halogenated alkanes) is 6. The molecular formula is C15H33NS. The molecule has 104 valence electrons. The summed E-state index contributed by atoms with van der Waals surface area (Å²) in [6.07, 6.45) is 9.64. The fourth-order valence-electron chi connectivity index (χ4n) is 2.27. The Morgan fingerprint density at radius 1 is 0.824 bits per heavy atom. The van der Waals surface area contributed by atoms with Crippen LogP contribution < -0.4 is 0 Å². The molecule has 1 nitrogen and oxygen atoms in total. The maximum atomic E-state index is 4.23. The highest BCUT2D eigenvalue weighted by Crippen LogP contribution is 2.15. The third-order valence-corrected chi connectivity index (χ3v) is 3.26. The second-order valence-corrected chi connectivity index (χ2v) is 6.94. The van der Waals surface area contributed by atoms with Crippen LogP contribution in [0.15, 0.2) is 0 Å². The number of nitrogens with zero attached hydrogens (tertiary/aromatic N) is 1. The van der Waals surface area contributed by atoms with Gasteiger partial charge in [0.25, 0.3) is 0 Å². The van der Waals surface area contributed by atoms with Gasteiger partial charge < -0.3 is 4.90 Å². The molecule has 0 aromatic carbocycles. The van der Waals surface area contributed by atoms with E-state index in [-0.39, 0.29) is 0 Å². The van der Waals surface area contributed by atoms with E-state index < -0.39 is 0 Å². The van der Waals surface area contributed by atoms with Crippen molar-refractivity contribution >= 4 is 12.6 Å². The van der Waals surface area contributed by atoms with Crippen LogP contribution in [-0.2, 0) is 0 Å². The van der Waals surface area contributed by atoms with E-state index in [1.54, 1.807) is 0 Å². The molecule has 0 fully saturated rings. The van der Waals surface area contributed by atoms with Crippen molar-refractivity contribution in [2.45, 2.75) is 65.7 Å². The fourth-order valence-corrected chi connectivity index (χ4v) is 2.49. The highest BCUT2D eigenvalue weighted by atomic mass is 32.1. The van der Waals surface area contributed by atoms with Crippen LogP contribution in [0, 0.1) is 5.41 Å². The van der Waals surface area contributed by atoms with Crippen LogP contribution in [0.2, 0.25) is 0 Å². The number of hydrogen-bond donors (Lipinski definition) is 1. The van der Waals surface area contributed by atoms with Crippen molar-refractivity contribution in [3.63, 3.8) is 0 Å². The van der Waals surface area contributed by atoms with E-state index in [9.17, 15) is 0 Å². The van der Waals surface area contributed by atoms with Crippen LogP contribution >= 0.6 is 12.6 Å². The largest absolute Gasteiger partial charge is 0.306 e. The summed E-state index contributed by atoms with van der Waals surface area (Å²) in [7, 11) is 2.25. The summed E-state index contributed by atoms with van der Waals surface area (Å²) in [6, 6.07) is 0. The van der Waals surface area contributed by atoms with Crippen LogP contribution in [0.3, 0.4) is 0 Å². The first-order chi connectivity index (χ1) is 7.95. The quantitative estimate of drug-likeness (QED) is 0.442. The number of hydrogen-bond acceptors (Lipinski definition) is 2. The zero-order valence-electron chi connectivity index (χ0n) is 12.5. The summed E-state index contributed by atoms with van der Waals surface area (Å²) in [5, 5.41) is 0. The summed E-state index contributed by atoms with van der Waals surface area (Å²) >= 11 is 4.23. The molecule has 17 heavy (non-hydrogen) atoms. The van der Waals surface area contributed by atoms with Gasteiger partial charge in [-0.3, -0.25) is 0 Å². The van der Waals surface area contributed by atoms with Crippen molar-refractivity contribution in [3.05, 3.63) is 0 Å². The van der Waals surface area contributed by atoms with Crippen LogP contribution in [0.25, 0.3) is 0 Å². The lowest BCUT2D eigenvalue weighted by atomic mass is 9.96. The first-order valence-electron chi connectivity index (χ1n) is 7.25. The van der Waals surface area contributed by atoms with Crippen molar-refractivity contribution in [2.75, 3.05) is 25.9 Å². The predicted octanol–water partition coefficient (Wildman–Crippen LogP) is 4.62. The molecule has 0 saturated carbocycles. The van der Waals surface area contributed by atoms with Crippen molar-refractivity contribution in [1.82, 2.24) is 4.90 Å². The van der Waals surface area contributed by atoms with Gasteiger partial charge in [-0.25, -0.2) is 0 Å². The van der Waals surface area contributed by atoms with E-state index in [0.717, 1.165) is 5.75 Å². The molecule has 0 aliphatic heterocycles. The molecule has 0 bridgehead atoms. The van der Waals surface area contributed by atoms with Crippen molar-refractivity contribution in [1.29, 1.82) is 0 Å². The number of rotatable bonds is 10. The van der Waals surface area contributed by atoms with E-state index in [4.69, 9.17) is 0 Å². The third kappa shape index (κ3) is 14.2. The monoisotopic (exact) mass is 259 g/mol. The smallest absolute Gasteiger partial charge is 0.00270 e. The molecule has 0 aromatic rings. The normalized spacial score (nSPS) is 12.4. The van der Waals surface area contributed by atoms with Gasteiger partial charge in [0, 0.05) is 6.54 Å². The Balaban J connectivity index is 3.22. The highest BCUT2D eigenvalue weighted by Gasteiger charge is 2.12. The third-order valence-electron chi connectivity index (χ3n) is 2.94. The molecule has 0 aliphatic rings. The van der Waals surface area contributed by atoms with Crippen LogP contribution in [0.4, 0.5) is 0 Å². The highest BCUT2D eigenvalue weighted by molar-refractivity contribution is 7.80. The molecule has 0 aromatic heterocycles. The van der Waals surface area contributed by atoms with Gasteiger partial charge in [-0.1, -0.05) is 52.9 Å².